The standard InChI is InChI=1S/C20H15ClF4N4O4/c21-13-5-12(14-4-1-9(22)6-26-14)16-15(17(13)33-20(23,24)25)27-18(32-16)28-7-10-2-3-11(8-28)29(10)19(30)31/h1,4-6,10-11H,2-3,7-8H2,(H,30,31). The molecule has 2 bridgehead atoms. The summed E-state index contributed by atoms with van der Waals surface area (Å²) < 4.78 is 62.5. The van der Waals surface area contributed by atoms with Crippen LogP contribution >= 0.6 is 11.6 Å². The Balaban J connectivity index is 1.61. The predicted molar refractivity (Wildman–Crippen MR) is 108 cm³/mol. The normalized spacial score (nSPS) is 20.5. The average Bonchev–Trinajstić information content (AvgIpc) is 3.29. The van der Waals surface area contributed by atoms with Gasteiger partial charge in [0.2, 0.25) is 0 Å². The summed E-state index contributed by atoms with van der Waals surface area (Å²) >= 11 is 6.11. The Morgan fingerprint density at radius 3 is 2.52 bits per heavy atom. The zero-order valence-electron chi connectivity index (χ0n) is 16.6. The molecule has 2 atom stereocenters. The first kappa shape index (κ1) is 21.6. The third-order valence-corrected chi connectivity index (χ3v) is 6.04. The molecule has 2 aliphatic heterocycles. The summed E-state index contributed by atoms with van der Waals surface area (Å²) in [6, 6.07) is 3.09. The number of oxazole rings is 1. The SMILES string of the molecule is O=C(O)N1C2CCC1CN(c1nc3c(OC(F)(F)F)c(Cl)cc(-c4ccc(F)cn4)c3o1)C2. The van der Waals surface area contributed by atoms with E-state index in [1.54, 1.807) is 4.90 Å². The number of alkyl halides is 3. The Bertz CT molecular complexity index is 1220. The van der Waals surface area contributed by atoms with Gasteiger partial charge in [-0.2, -0.15) is 4.98 Å². The summed E-state index contributed by atoms with van der Waals surface area (Å²) in [5.74, 6) is -1.32. The van der Waals surface area contributed by atoms with Crippen molar-refractivity contribution in [2.45, 2.75) is 31.3 Å². The molecule has 3 aromatic rings. The fourth-order valence-corrected chi connectivity index (χ4v) is 4.70. The van der Waals surface area contributed by atoms with Crippen LogP contribution in [0.3, 0.4) is 0 Å². The number of hydrogen-bond donors (Lipinski definition) is 1. The van der Waals surface area contributed by atoms with Crippen molar-refractivity contribution in [3.05, 3.63) is 35.2 Å². The number of pyridine rings is 1. The van der Waals surface area contributed by atoms with E-state index in [9.17, 15) is 27.5 Å². The topological polar surface area (TPSA) is 91.9 Å². The smallest absolute Gasteiger partial charge is 0.465 e. The molecule has 2 fully saturated rings. The van der Waals surface area contributed by atoms with Gasteiger partial charge in [-0.25, -0.2) is 9.18 Å². The van der Waals surface area contributed by atoms with Crippen LogP contribution in [0.25, 0.3) is 22.4 Å². The van der Waals surface area contributed by atoms with Crippen LogP contribution < -0.4 is 9.64 Å². The maximum atomic E-state index is 13.3. The predicted octanol–water partition coefficient (Wildman–Crippen LogP) is 4.91. The molecule has 5 rings (SSSR count). The Morgan fingerprint density at radius 1 is 1.24 bits per heavy atom. The van der Waals surface area contributed by atoms with Crippen molar-refractivity contribution >= 4 is 34.8 Å². The van der Waals surface area contributed by atoms with Gasteiger partial charge >= 0.3 is 12.5 Å². The second-order valence-corrected chi connectivity index (χ2v) is 8.21. The number of ether oxygens (including phenoxy) is 1. The minimum Gasteiger partial charge on any atom is -0.465 e. The van der Waals surface area contributed by atoms with Gasteiger partial charge in [0.05, 0.1) is 29.0 Å². The van der Waals surface area contributed by atoms with Gasteiger partial charge in [0.25, 0.3) is 6.01 Å². The first-order chi connectivity index (χ1) is 15.6. The number of piperazine rings is 1. The number of fused-ring (bicyclic) bond motifs is 3. The molecule has 2 aliphatic rings. The summed E-state index contributed by atoms with van der Waals surface area (Å²) in [5, 5.41) is 9.07. The summed E-state index contributed by atoms with van der Waals surface area (Å²) in [5.41, 5.74) is 0.0699. The fourth-order valence-electron chi connectivity index (χ4n) is 4.46. The number of anilines is 1. The summed E-state index contributed by atoms with van der Waals surface area (Å²) in [7, 11) is 0. The number of aromatic nitrogens is 2. The van der Waals surface area contributed by atoms with Crippen LogP contribution in [0.4, 0.5) is 28.4 Å². The lowest BCUT2D eigenvalue weighted by atomic mass is 10.1. The lowest BCUT2D eigenvalue weighted by molar-refractivity contribution is -0.274. The van der Waals surface area contributed by atoms with Crippen molar-refractivity contribution in [1.29, 1.82) is 0 Å². The molecular formula is C20H15ClF4N4O4. The maximum absolute atomic E-state index is 13.3. The zero-order chi connectivity index (χ0) is 23.5. The molecule has 0 saturated carbocycles. The van der Waals surface area contributed by atoms with Crippen molar-refractivity contribution in [3.8, 4) is 17.0 Å². The molecule has 1 aromatic carbocycles. The Hall–Kier alpha value is -3.28. The van der Waals surface area contributed by atoms with Crippen molar-refractivity contribution in [1.82, 2.24) is 14.9 Å². The van der Waals surface area contributed by atoms with Gasteiger partial charge in [-0.1, -0.05) is 11.6 Å². The van der Waals surface area contributed by atoms with E-state index in [-0.39, 0.29) is 58.6 Å². The van der Waals surface area contributed by atoms with Gasteiger partial charge in [0, 0.05) is 18.7 Å². The average molecular weight is 487 g/mol. The van der Waals surface area contributed by atoms with E-state index < -0.39 is 24.0 Å². The molecule has 8 nitrogen and oxygen atoms in total. The van der Waals surface area contributed by atoms with Crippen LogP contribution in [0.2, 0.25) is 5.02 Å². The monoisotopic (exact) mass is 486 g/mol. The van der Waals surface area contributed by atoms with E-state index in [0.717, 1.165) is 12.3 Å². The Morgan fingerprint density at radius 2 is 1.94 bits per heavy atom. The minimum absolute atomic E-state index is 0.00425. The highest BCUT2D eigenvalue weighted by atomic mass is 35.5. The number of carbonyl (C=O) groups is 1. The van der Waals surface area contributed by atoms with Crippen molar-refractivity contribution in [2.75, 3.05) is 18.0 Å². The number of halogens is 5. The highest BCUT2D eigenvalue weighted by molar-refractivity contribution is 6.33. The van der Waals surface area contributed by atoms with Crippen LogP contribution in [-0.2, 0) is 0 Å². The lowest BCUT2D eigenvalue weighted by Gasteiger charge is -2.38. The van der Waals surface area contributed by atoms with E-state index in [0.29, 0.717) is 12.8 Å². The molecule has 1 amide bonds. The number of nitrogens with zero attached hydrogens (tertiary/aromatic N) is 4. The van der Waals surface area contributed by atoms with Gasteiger partial charge in [-0.3, -0.25) is 9.88 Å². The van der Waals surface area contributed by atoms with Crippen LogP contribution in [0.5, 0.6) is 5.75 Å². The van der Waals surface area contributed by atoms with Crippen molar-refractivity contribution in [2.24, 2.45) is 0 Å². The fraction of sp³-hybridized carbons (Fsp3) is 0.350. The lowest BCUT2D eigenvalue weighted by Crippen LogP contribution is -2.55. The van der Waals surface area contributed by atoms with Gasteiger partial charge in [0.15, 0.2) is 16.8 Å². The zero-order valence-corrected chi connectivity index (χ0v) is 17.4. The highest BCUT2D eigenvalue weighted by Crippen LogP contribution is 2.44. The molecule has 0 aliphatic carbocycles. The first-order valence-corrected chi connectivity index (χ1v) is 10.3. The van der Waals surface area contributed by atoms with E-state index in [1.807, 2.05) is 0 Å². The minimum atomic E-state index is -5.03. The summed E-state index contributed by atoms with van der Waals surface area (Å²) in [4.78, 5) is 22.8. The molecule has 0 spiro atoms. The van der Waals surface area contributed by atoms with Gasteiger partial charge < -0.3 is 19.2 Å². The second kappa shape index (κ2) is 7.65. The molecule has 2 saturated heterocycles. The molecule has 13 heteroatoms. The number of rotatable bonds is 3. The highest BCUT2D eigenvalue weighted by Gasteiger charge is 2.44. The number of hydrogen-bond acceptors (Lipinski definition) is 6. The van der Waals surface area contributed by atoms with E-state index >= 15 is 0 Å². The maximum Gasteiger partial charge on any atom is 0.573 e. The van der Waals surface area contributed by atoms with Crippen LogP contribution in [0.1, 0.15) is 12.8 Å². The second-order valence-electron chi connectivity index (χ2n) is 7.80. The number of amides is 1. The van der Waals surface area contributed by atoms with E-state index in [1.165, 1.54) is 17.0 Å². The van der Waals surface area contributed by atoms with E-state index in [4.69, 9.17) is 16.0 Å². The summed E-state index contributed by atoms with van der Waals surface area (Å²) in [6.45, 7) is 0.534. The molecule has 33 heavy (non-hydrogen) atoms. The first-order valence-electron chi connectivity index (χ1n) is 9.87. The molecule has 2 aromatic heterocycles. The Labute approximate surface area is 188 Å². The molecular weight excluding hydrogens is 472 g/mol. The van der Waals surface area contributed by atoms with Crippen molar-refractivity contribution < 1.29 is 36.6 Å². The number of carboxylic acid groups (broad SMARTS) is 1. The number of benzene rings is 1. The van der Waals surface area contributed by atoms with Gasteiger partial charge in [-0.15, -0.1) is 13.2 Å². The van der Waals surface area contributed by atoms with Crippen molar-refractivity contribution in [3.63, 3.8) is 0 Å². The molecule has 174 valence electrons. The summed E-state index contributed by atoms with van der Waals surface area (Å²) in [6.07, 6.45) is -3.77. The third kappa shape index (κ3) is 3.88. The van der Waals surface area contributed by atoms with Crippen LogP contribution in [0.15, 0.2) is 28.8 Å². The van der Waals surface area contributed by atoms with Gasteiger partial charge in [0.1, 0.15) is 5.82 Å². The van der Waals surface area contributed by atoms with Gasteiger partial charge in [-0.05, 0) is 31.0 Å². The molecule has 4 heterocycles. The van der Waals surface area contributed by atoms with E-state index in [2.05, 4.69) is 14.7 Å². The molecule has 0 radical (unpaired) electrons. The third-order valence-electron chi connectivity index (χ3n) is 5.76. The van der Waals surface area contributed by atoms with Crippen LogP contribution in [-0.4, -0.2) is 57.6 Å². The quantitative estimate of drug-likeness (QED) is 0.526. The Kier molecular flexibility index (Phi) is 5.00. The molecule has 1 N–H and O–H groups in total. The van der Waals surface area contributed by atoms with Crippen LogP contribution in [0, 0.1) is 5.82 Å². The molecule has 2 unspecified atom stereocenters. The largest absolute Gasteiger partial charge is 0.573 e.